The van der Waals surface area contributed by atoms with Gasteiger partial charge in [-0.3, -0.25) is 0 Å². The van der Waals surface area contributed by atoms with Crippen LogP contribution < -0.4 is 5.73 Å². The lowest BCUT2D eigenvalue weighted by molar-refractivity contribution is 0.151. The van der Waals surface area contributed by atoms with Gasteiger partial charge in [0.05, 0.1) is 15.8 Å². The van der Waals surface area contributed by atoms with Crippen LogP contribution in [0, 0.1) is 0 Å². The van der Waals surface area contributed by atoms with Crippen molar-refractivity contribution in [3.8, 4) is 0 Å². The molecule has 0 saturated heterocycles. The fourth-order valence-corrected chi connectivity index (χ4v) is 1.93. The lowest BCUT2D eigenvalue weighted by Gasteiger charge is -2.08. The van der Waals surface area contributed by atoms with E-state index in [0.29, 0.717) is 23.2 Å². The number of benzene rings is 1. The molecule has 0 heterocycles. The minimum absolute atomic E-state index is 0.392. The second-order valence-electron chi connectivity index (χ2n) is 4.24. The van der Waals surface area contributed by atoms with E-state index in [1.54, 1.807) is 19.2 Å². The molecule has 0 atom stereocenters. The Morgan fingerprint density at radius 2 is 2.00 bits per heavy atom. The topological polar surface area (TPSA) is 56.8 Å². The first kappa shape index (κ1) is 17.2. The molecule has 0 aliphatic rings. The Bertz CT molecular complexity index is 439. The maximum absolute atomic E-state index is 6.04. The second-order valence-corrected chi connectivity index (χ2v) is 5.05. The van der Waals surface area contributed by atoms with Crippen LogP contribution in [-0.2, 0) is 9.57 Å². The summed E-state index contributed by atoms with van der Waals surface area (Å²) >= 11 is 12.0. The molecule has 0 radical (unpaired) electrons. The lowest BCUT2D eigenvalue weighted by Crippen LogP contribution is -2.08. The number of halogens is 2. The SMILES string of the molecule is COCCCC/C(=N\OCCN)c1ccc(Cl)c(Cl)c1. The molecule has 0 aliphatic heterocycles. The minimum Gasteiger partial charge on any atom is -0.394 e. The molecule has 1 aromatic carbocycles. The first-order chi connectivity index (χ1) is 9.69. The minimum atomic E-state index is 0.392. The highest BCUT2D eigenvalue weighted by Crippen LogP contribution is 2.23. The fourth-order valence-electron chi connectivity index (χ4n) is 1.63. The molecule has 2 N–H and O–H groups in total. The zero-order valence-electron chi connectivity index (χ0n) is 11.6. The average molecular weight is 319 g/mol. The molecule has 0 amide bonds. The van der Waals surface area contributed by atoms with E-state index in [-0.39, 0.29) is 0 Å². The molecule has 20 heavy (non-hydrogen) atoms. The van der Waals surface area contributed by atoms with Crippen LogP contribution in [0.25, 0.3) is 0 Å². The van der Waals surface area contributed by atoms with Gasteiger partial charge in [-0.05, 0) is 31.4 Å². The summed E-state index contributed by atoms with van der Waals surface area (Å²) in [6.45, 7) is 1.56. The largest absolute Gasteiger partial charge is 0.394 e. The number of nitrogens with zero attached hydrogens (tertiary/aromatic N) is 1. The third-order valence-corrected chi connectivity index (χ3v) is 3.39. The Morgan fingerprint density at radius 1 is 1.20 bits per heavy atom. The van der Waals surface area contributed by atoms with Gasteiger partial charge in [-0.25, -0.2) is 0 Å². The summed E-state index contributed by atoms with van der Waals surface area (Å²) < 4.78 is 5.04. The van der Waals surface area contributed by atoms with Crippen molar-refractivity contribution in [2.75, 3.05) is 26.9 Å². The van der Waals surface area contributed by atoms with Crippen LogP contribution >= 0.6 is 23.2 Å². The van der Waals surface area contributed by atoms with Gasteiger partial charge in [-0.2, -0.15) is 0 Å². The summed E-state index contributed by atoms with van der Waals surface area (Å²) in [5, 5.41) is 5.18. The van der Waals surface area contributed by atoms with E-state index in [1.807, 2.05) is 6.07 Å². The van der Waals surface area contributed by atoms with Crippen LogP contribution in [0.4, 0.5) is 0 Å². The van der Waals surface area contributed by atoms with Gasteiger partial charge in [0.1, 0.15) is 6.61 Å². The van der Waals surface area contributed by atoms with E-state index in [0.717, 1.165) is 37.1 Å². The van der Waals surface area contributed by atoms with Crippen molar-refractivity contribution in [2.45, 2.75) is 19.3 Å². The highest BCUT2D eigenvalue weighted by Gasteiger charge is 2.07. The number of methoxy groups -OCH3 is 1. The Hall–Kier alpha value is -0.810. The number of hydrogen-bond donors (Lipinski definition) is 1. The van der Waals surface area contributed by atoms with Gasteiger partial charge in [0, 0.05) is 25.8 Å². The molecule has 0 saturated carbocycles. The summed E-state index contributed by atoms with van der Waals surface area (Å²) in [5.41, 5.74) is 7.14. The van der Waals surface area contributed by atoms with Gasteiger partial charge >= 0.3 is 0 Å². The van der Waals surface area contributed by atoms with Crippen molar-refractivity contribution in [2.24, 2.45) is 10.9 Å². The summed E-state index contributed by atoms with van der Waals surface area (Å²) in [7, 11) is 1.69. The van der Waals surface area contributed by atoms with Crippen molar-refractivity contribution in [1.29, 1.82) is 0 Å². The lowest BCUT2D eigenvalue weighted by atomic mass is 10.0. The molecular formula is C14H20Cl2N2O2. The average Bonchev–Trinajstić information content (AvgIpc) is 2.45. The first-order valence-electron chi connectivity index (χ1n) is 6.52. The number of nitrogens with two attached hydrogens (primary N) is 1. The van der Waals surface area contributed by atoms with Crippen molar-refractivity contribution >= 4 is 28.9 Å². The summed E-state index contributed by atoms with van der Waals surface area (Å²) in [4.78, 5) is 5.18. The van der Waals surface area contributed by atoms with Gasteiger partial charge in [0.2, 0.25) is 0 Å². The molecule has 0 aromatic heterocycles. The standard InChI is InChI=1S/C14H20Cl2N2O2/c1-19-8-3-2-4-14(18-20-9-7-17)11-5-6-12(15)13(16)10-11/h5-6,10H,2-4,7-9,17H2,1H3/b18-14+. The van der Waals surface area contributed by atoms with Gasteiger partial charge in [0.15, 0.2) is 0 Å². The van der Waals surface area contributed by atoms with Crippen molar-refractivity contribution in [1.82, 2.24) is 0 Å². The molecule has 1 aromatic rings. The molecule has 0 bridgehead atoms. The van der Waals surface area contributed by atoms with E-state index in [2.05, 4.69) is 5.16 Å². The zero-order valence-corrected chi connectivity index (χ0v) is 13.1. The number of ether oxygens (including phenoxy) is 1. The molecule has 0 fully saturated rings. The smallest absolute Gasteiger partial charge is 0.129 e. The van der Waals surface area contributed by atoms with E-state index in [1.165, 1.54) is 0 Å². The Kier molecular flexibility index (Phi) is 8.62. The van der Waals surface area contributed by atoms with Crippen LogP contribution in [0.15, 0.2) is 23.4 Å². The molecule has 4 nitrogen and oxygen atoms in total. The van der Waals surface area contributed by atoms with Gasteiger partial charge < -0.3 is 15.3 Å². The summed E-state index contributed by atoms with van der Waals surface area (Å²) in [6, 6.07) is 5.44. The number of rotatable bonds is 9. The van der Waals surface area contributed by atoms with Crippen LogP contribution in [0.3, 0.4) is 0 Å². The first-order valence-corrected chi connectivity index (χ1v) is 7.28. The third kappa shape index (κ3) is 6.09. The predicted octanol–water partition coefficient (Wildman–Crippen LogP) is 3.49. The molecule has 0 aliphatic carbocycles. The number of hydrogen-bond acceptors (Lipinski definition) is 4. The van der Waals surface area contributed by atoms with E-state index < -0.39 is 0 Å². The fraction of sp³-hybridized carbons (Fsp3) is 0.500. The van der Waals surface area contributed by atoms with E-state index in [9.17, 15) is 0 Å². The molecule has 0 spiro atoms. The van der Waals surface area contributed by atoms with Gasteiger partial charge in [0.25, 0.3) is 0 Å². The normalized spacial score (nSPS) is 11.7. The van der Waals surface area contributed by atoms with Gasteiger partial charge in [-0.1, -0.05) is 34.4 Å². The molecule has 6 heteroatoms. The molecule has 0 unspecified atom stereocenters. The second kappa shape index (κ2) is 10.00. The summed E-state index contributed by atoms with van der Waals surface area (Å²) in [6.07, 6.45) is 2.71. The van der Waals surface area contributed by atoms with Crippen LogP contribution in [0.2, 0.25) is 10.0 Å². The predicted molar refractivity (Wildman–Crippen MR) is 83.7 cm³/mol. The van der Waals surface area contributed by atoms with Crippen LogP contribution in [0.5, 0.6) is 0 Å². The highest BCUT2D eigenvalue weighted by atomic mass is 35.5. The monoisotopic (exact) mass is 318 g/mol. The maximum Gasteiger partial charge on any atom is 0.129 e. The Balaban J connectivity index is 2.74. The van der Waals surface area contributed by atoms with Crippen molar-refractivity contribution in [3.05, 3.63) is 33.8 Å². The van der Waals surface area contributed by atoms with E-state index in [4.69, 9.17) is 38.5 Å². The molecular weight excluding hydrogens is 299 g/mol. The van der Waals surface area contributed by atoms with Crippen molar-refractivity contribution in [3.63, 3.8) is 0 Å². The maximum atomic E-state index is 6.04. The third-order valence-electron chi connectivity index (χ3n) is 2.65. The van der Waals surface area contributed by atoms with E-state index >= 15 is 0 Å². The van der Waals surface area contributed by atoms with Gasteiger partial charge in [-0.15, -0.1) is 0 Å². The van der Waals surface area contributed by atoms with Crippen molar-refractivity contribution < 1.29 is 9.57 Å². The molecule has 1 rings (SSSR count). The Labute approximate surface area is 129 Å². The van der Waals surface area contributed by atoms with Crippen LogP contribution in [-0.4, -0.2) is 32.6 Å². The quantitative estimate of drug-likeness (QED) is 0.431. The van der Waals surface area contributed by atoms with Crippen LogP contribution in [0.1, 0.15) is 24.8 Å². The highest BCUT2D eigenvalue weighted by molar-refractivity contribution is 6.42. The Morgan fingerprint density at radius 3 is 2.65 bits per heavy atom. The number of unbranched alkanes of at least 4 members (excludes halogenated alkanes) is 1. The zero-order chi connectivity index (χ0) is 14.8. The molecule has 112 valence electrons. The number of oxime groups is 1. The summed E-state index contributed by atoms with van der Waals surface area (Å²) in [5.74, 6) is 0.